The van der Waals surface area contributed by atoms with Crippen LogP contribution in [-0.4, -0.2) is 50.7 Å². The van der Waals surface area contributed by atoms with Gasteiger partial charge in [0.15, 0.2) is 0 Å². The summed E-state index contributed by atoms with van der Waals surface area (Å²) in [6.07, 6.45) is 10.5. The average molecular weight is 525 g/mol. The minimum absolute atomic E-state index is 1.03. The molecular weight excluding hydrogens is 472 g/mol. The van der Waals surface area contributed by atoms with Crippen LogP contribution >= 0.6 is 11.8 Å². The van der Waals surface area contributed by atoms with E-state index in [9.17, 15) is 0 Å². The second kappa shape index (κ2) is 16.2. The Morgan fingerprint density at radius 2 is 1.11 bits per heavy atom. The lowest BCUT2D eigenvalue weighted by Crippen LogP contribution is -2.35. The van der Waals surface area contributed by atoms with Crippen molar-refractivity contribution in [2.24, 2.45) is 0 Å². The first-order valence-electron chi connectivity index (χ1n) is 15.1. The number of unbranched alkanes of at least 4 members (excludes halogenated alkanes) is 6. The Bertz CT molecular complexity index is 915. The molecule has 0 saturated heterocycles. The standard InChI is InChI=1S/C32H52N4S/c1-6-11-13-15-21-36(22-16-14-12-7-2)28-18-20-30-32(26-28)37-31-25-27(17-19-29(31)33-30)35(10-5)24-23-34(8-3)9-4/h17-20,25-26,33H,6-16,21-24H2,1-5H3. The van der Waals surface area contributed by atoms with E-state index >= 15 is 0 Å². The Kier molecular flexibility index (Phi) is 13.0. The van der Waals surface area contributed by atoms with Gasteiger partial charge in [0.25, 0.3) is 0 Å². The summed E-state index contributed by atoms with van der Waals surface area (Å²) in [7, 11) is 0. The largest absolute Gasteiger partial charge is 0.372 e. The molecular formula is C32H52N4S. The summed E-state index contributed by atoms with van der Waals surface area (Å²) in [4.78, 5) is 10.3. The Hall–Kier alpha value is -1.85. The number of anilines is 4. The van der Waals surface area contributed by atoms with Crippen molar-refractivity contribution in [3.8, 4) is 0 Å². The van der Waals surface area contributed by atoms with Crippen LogP contribution in [0.25, 0.3) is 0 Å². The molecule has 0 atom stereocenters. The van der Waals surface area contributed by atoms with Crippen LogP contribution in [0, 0.1) is 0 Å². The Morgan fingerprint density at radius 3 is 1.59 bits per heavy atom. The zero-order chi connectivity index (χ0) is 26.5. The van der Waals surface area contributed by atoms with Gasteiger partial charge in [0.1, 0.15) is 0 Å². The van der Waals surface area contributed by atoms with Gasteiger partial charge in [-0.1, -0.05) is 78.0 Å². The number of nitrogens with zero attached hydrogens (tertiary/aromatic N) is 3. The van der Waals surface area contributed by atoms with Crippen LogP contribution in [0.4, 0.5) is 22.7 Å². The quantitative estimate of drug-likeness (QED) is 0.167. The van der Waals surface area contributed by atoms with Gasteiger partial charge in [-0.2, -0.15) is 0 Å². The summed E-state index contributed by atoms with van der Waals surface area (Å²) >= 11 is 1.93. The lowest BCUT2D eigenvalue weighted by atomic mass is 10.1. The van der Waals surface area contributed by atoms with Gasteiger partial charge in [0.2, 0.25) is 0 Å². The normalized spacial score (nSPS) is 12.3. The zero-order valence-corrected chi connectivity index (χ0v) is 25.1. The van der Waals surface area contributed by atoms with Gasteiger partial charge >= 0.3 is 0 Å². The Balaban J connectivity index is 1.73. The van der Waals surface area contributed by atoms with Crippen molar-refractivity contribution < 1.29 is 0 Å². The fourth-order valence-corrected chi connectivity index (χ4v) is 6.21. The van der Waals surface area contributed by atoms with Crippen molar-refractivity contribution in [1.29, 1.82) is 0 Å². The van der Waals surface area contributed by atoms with Crippen molar-refractivity contribution in [3.63, 3.8) is 0 Å². The number of rotatable bonds is 18. The SMILES string of the molecule is CCCCCCN(CCCCCC)c1ccc2c(c1)Sc1cc(N(CC)CCN(CC)CC)ccc1N2. The molecule has 4 nitrogen and oxygen atoms in total. The zero-order valence-electron chi connectivity index (χ0n) is 24.3. The molecule has 0 saturated carbocycles. The summed E-state index contributed by atoms with van der Waals surface area (Å²) in [5.41, 5.74) is 5.18. The van der Waals surface area contributed by atoms with Gasteiger partial charge < -0.3 is 20.0 Å². The number of hydrogen-bond acceptors (Lipinski definition) is 5. The van der Waals surface area contributed by atoms with Crippen LogP contribution in [0.15, 0.2) is 46.2 Å². The van der Waals surface area contributed by atoms with Crippen molar-refractivity contribution in [1.82, 2.24) is 4.90 Å². The molecule has 0 radical (unpaired) electrons. The number of fused-ring (bicyclic) bond motifs is 2. The highest BCUT2D eigenvalue weighted by atomic mass is 32.2. The maximum absolute atomic E-state index is 3.71. The molecule has 2 aromatic rings. The summed E-state index contributed by atoms with van der Waals surface area (Å²) in [6, 6.07) is 14.0. The number of nitrogens with one attached hydrogen (secondary N) is 1. The van der Waals surface area contributed by atoms with Crippen LogP contribution in [-0.2, 0) is 0 Å². The number of likely N-dealkylation sites (N-methyl/N-ethyl adjacent to an activating group) is 2. The second-order valence-electron chi connectivity index (χ2n) is 10.3. The predicted molar refractivity (Wildman–Crippen MR) is 166 cm³/mol. The lowest BCUT2D eigenvalue weighted by molar-refractivity contribution is 0.310. The molecule has 206 valence electrons. The van der Waals surface area contributed by atoms with Gasteiger partial charge in [-0.25, -0.2) is 0 Å². The van der Waals surface area contributed by atoms with E-state index < -0.39 is 0 Å². The lowest BCUT2D eigenvalue weighted by Gasteiger charge is -2.30. The van der Waals surface area contributed by atoms with Gasteiger partial charge in [0.05, 0.1) is 11.4 Å². The predicted octanol–water partition coefficient (Wildman–Crippen LogP) is 9.03. The van der Waals surface area contributed by atoms with E-state index in [1.54, 1.807) is 0 Å². The summed E-state index contributed by atoms with van der Waals surface area (Å²) in [5.74, 6) is 0. The topological polar surface area (TPSA) is 21.8 Å². The van der Waals surface area contributed by atoms with Crippen LogP contribution in [0.2, 0.25) is 0 Å². The molecule has 0 fully saturated rings. The average Bonchev–Trinajstić information content (AvgIpc) is 2.93. The van der Waals surface area contributed by atoms with Gasteiger partial charge in [-0.3, -0.25) is 0 Å². The smallest absolute Gasteiger partial charge is 0.0527 e. The van der Waals surface area contributed by atoms with E-state index in [4.69, 9.17) is 0 Å². The van der Waals surface area contributed by atoms with E-state index in [0.717, 1.165) is 32.7 Å². The summed E-state index contributed by atoms with van der Waals surface area (Å²) in [5, 5.41) is 3.71. The molecule has 1 N–H and O–H groups in total. The highest BCUT2D eigenvalue weighted by Crippen LogP contribution is 2.46. The first-order chi connectivity index (χ1) is 18.1. The van der Waals surface area contributed by atoms with E-state index in [2.05, 4.69) is 91.0 Å². The first-order valence-corrected chi connectivity index (χ1v) is 15.9. The van der Waals surface area contributed by atoms with Crippen molar-refractivity contribution in [3.05, 3.63) is 36.4 Å². The molecule has 0 unspecified atom stereocenters. The Morgan fingerprint density at radius 1 is 0.568 bits per heavy atom. The van der Waals surface area contributed by atoms with E-state index in [-0.39, 0.29) is 0 Å². The molecule has 0 bridgehead atoms. The molecule has 0 aliphatic carbocycles. The molecule has 37 heavy (non-hydrogen) atoms. The summed E-state index contributed by atoms with van der Waals surface area (Å²) in [6.45, 7) is 19.2. The van der Waals surface area contributed by atoms with E-state index in [1.807, 2.05) is 11.8 Å². The third-order valence-electron chi connectivity index (χ3n) is 7.68. The highest BCUT2D eigenvalue weighted by Gasteiger charge is 2.19. The molecule has 1 aliphatic rings. The van der Waals surface area contributed by atoms with Crippen LogP contribution in [0.1, 0.15) is 86.0 Å². The fraction of sp³-hybridized carbons (Fsp3) is 0.625. The van der Waals surface area contributed by atoms with Crippen LogP contribution in [0.5, 0.6) is 0 Å². The minimum Gasteiger partial charge on any atom is -0.372 e. The maximum atomic E-state index is 3.71. The van der Waals surface area contributed by atoms with Crippen molar-refractivity contribution in [2.75, 3.05) is 60.9 Å². The van der Waals surface area contributed by atoms with E-state index in [0.29, 0.717) is 0 Å². The van der Waals surface area contributed by atoms with Crippen LogP contribution < -0.4 is 15.1 Å². The highest BCUT2D eigenvalue weighted by molar-refractivity contribution is 7.99. The molecule has 2 aromatic carbocycles. The maximum Gasteiger partial charge on any atom is 0.0527 e. The fourth-order valence-electron chi connectivity index (χ4n) is 5.16. The number of hydrogen-bond donors (Lipinski definition) is 1. The van der Waals surface area contributed by atoms with Gasteiger partial charge in [0, 0.05) is 53.9 Å². The summed E-state index contributed by atoms with van der Waals surface area (Å²) < 4.78 is 0. The third-order valence-corrected chi connectivity index (χ3v) is 8.79. The van der Waals surface area contributed by atoms with Crippen molar-refractivity contribution in [2.45, 2.75) is 95.8 Å². The molecule has 1 heterocycles. The van der Waals surface area contributed by atoms with Gasteiger partial charge in [-0.05, 0) is 69.3 Å². The first kappa shape index (κ1) is 29.7. The number of benzene rings is 2. The van der Waals surface area contributed by atoms with Gasteiger partial charge in [-0.15, -0.1) is 0 Å². The molecule has 3 rings (SSSR count). The molecule has 0 aromatic heterocycles. The third kappa shape index (κ3) is 8.85. The van der Waals surface area contributed by atoms with Crippen molar-refractivity contribution >= 4 is 34.5 Å². The monoisotopic (exact) mass is 524 g/mol. The second-order valence-corrected chi connectivity index (χ2v) is 11.4. The molecule has 0 spiro atoms. The Labute approximate surface area is 232 Å². The molecule has 5 heteroatoms. The minimum atomic E-state index is 1.03. The van der Waals surface area contributed by atoms with Crippen LogP contribution in [0.3, 0.4) is 0 Å². The van der Waals surface area contributed by atoms with E-state index in [1.165, 1.54) is 97.0 Å². The molecule has 1 aliphatic heterocycles. The molecule has 0 amide bonds.